The van der Waals surface area contributed by atoms with Crippen LogP contribution in [0.2, 0.25) is 0 Å². The van der Waals surface area contributed by atoms with Crippen molar-refractivity contribution in [2.45, 2.75) is 177 Å². The Morgan fingerprint density at radius 1 is 0.866 bits per heavy atom. The van der Waals surface area contributed by atoms with Gasteiger partial charge in [0.05, 0.1) is 44.6 Å². The average Bonchev–Trinajstić information content (AvgIpc) is 1.73. The van der Waals surface area contributed by atoms with Crippen LogP contribution in [-0.4, -0.2) is 177 Å². The summed E-state index contributed by atoms with van der Waals surface area (Å²) in [6, 6.07) is 12.2. The van der Waals surface area contributed by atoms with Crippen LogP contribution in [0.3, 0.4) is 0 Å². The SMILES string of the molecule is CCS(=O)(=O)c1ccc(CNC(=O)[C@H](CCC(N)=O)NC(=O)[C@@H]2CC[C@@H]3CCN(C(=O)CCCCc4cn([C@@H](C(=O)N5C[C@H](O)C[C@H]5C(=O)N[C@H](C)c5ccc(-c6scnc6C)cc5)C5CCCCC5)nn4)C[C@H](NC(=O)c4cc5cc(C(=O)P(=O)(O)O)ccc5[nH]4)C(=O)N32)cc1. The van der Waals surface area contributed by atoms with Crippen molar-refractivity contribution in [3.8, 4) is 10.4 Å². The highest BCUT2D eigenvalue weighted by molar-refractivity contribution is 7.91. The lowest BCUT2D eigenvalue weighted by Crippen LogP contribution is -2.62. The van der Waals surface area contributed by atoms with Crippen LogP contribution in [0, 0.1) is 12.8 Å². The first-order valence-electron chi connectivity index (χ1n) is 32.8. The Kier molecular flexibility index (Phi) is 22.7. The largest absolute Gasteiger partial charge is 0.396 e. The summed E-state index contributed by atoms with van der Waals surface area (Å²) >= 11 is 1.55. The van der Waals surface area contributed by atoms with Gasteiger partial charge in [-0.15, -0.1) is 16.4 Å². The molecule has 1 saturated carbocycles. The third-order valence-electron chi connectivity index (χ3n) is 18.9. The second-order valence-electron chi connectivity index (χ2n) is 25.6. The molecule has 1 aliphatic carbocycles. The van der Waals surface area contributed by atoms with Gasteiger partial charge < -0.3 is 61.6 Å². The number of H-pyrrole nitrogens is 1. The standard InChI is InChI=1S/C66H82N13O15PS2/c1-4-97(93,94)49-22-14-40(15-23-49)33-68-60(83)51(25-27-56(67)81)72-62(85)54-26-21-47-28-29-76(36-53(64(87)79(47)54)73-61(84)52-31-45-30-44(20-24-50(45)71-52)66(89)95(90,91)92)57(82)13-9-8-12-46-34-78(75-74-46)58(42-10-6-5-7-11-42)65(88)77-35-48(80)32-55(77)63(86)70-38(2)41-16-18-43(19-17-41)59-39(3)69-37-96-59/h14-20,22-24,30-31,34,37-38,42,47-48,51,53-55,58,71,80H,4-13,21,25-29,32-33,35-36H2,1-3H3,(H2,67,81)(H,68,83)(H,70,86)(H,72,85)(H,73,84)(H2,90,91,92)/t38-,47-,48-,51+,53+,54+,55+,58-/m1/s1. The van der Waals surface area contributed by atoms with Crippen molar-refractivity contribution in [3.63, 3.8) is 0 Å². The van der Waals surface area contributed by atoms with Gasteiger partial charge in [-0.3, -0.25) is 47.7 Å². The number of carbonyl (C=O) groups is 9. The topological polar surface area (TPSA) is 409 Å². The van der Waals surface area contributed by atoms with Crippen molar-refractivity contribution < 1.29 is 71.0 Å². The number of rotatable bonds is 26. The number of aliphatic hydroxyl groups is 1. The Morgan fingerprint density at radius 2 is 1.60 bits per heavy atom. The molecule has 8 amide bonds. The number of aliphatic hydroxyl groups excluding tert-OH is 1. The molecule has 0 spiro atoms. The van der Waals surface area contributed by atoms with Crippen molar-refractivity contribution >= 4 is 92.5 Å². The molecule has 4 aliphatic rings. The van der Waals surface area contributed by atoms with E-state index in [-0.39, 0.29) is 116 Å². The van der Waals surface area contributed by atoms with Crippen molar-refractivity contribution in [3.05, 3.63) is 118 Å². The number of aryl methyl sites for hydroxylation is 2. The highest BCUT2D eigenvalue weighted by atomic mass is 32.2. The first-order chi connectivity index (χ1) is 46.3. The molecule has 10 N–H and O–H groups in total. The van der Waals surface area contributed by atoms with Gasteiger partial charge in [0, 0.05) is 74.1 Å². The maximum absolute atomic E-state index is 15.1. The number of aromatic amines is 1. The molecule has 31 heteroatoms. The number of aromatic nitrogens is 5. The maximum atomic E-state index is 15.1. The molecular formula is C66H82N13O15PS2. The van der Waals surface area contributed by atoms with Crippen LogP contribution in [0.4, 0.5) is 0 Å². The van der Waals surface area contributed by atoms with Gasteiger partial charge in [-0.25, -0.2) is 18.1 Å². The number of amides is 8. The van der Waals surface area contributed by atoms with E-state index in [0.717, 1.165) is 53.8 Å². The molecular weight excluding hydrogens is 1310 g/mol. The summed E-state index contributed by atoms with van der Waals surface area (Å²) in [7, 11) is -8.65. The summed E-state index contributed by atoms with van der Waals surface area (Å²) in [6.07, 6.45) is 6.58. The van der Waals surface area contributed by atoms with Gasteiger partial charge in [-0.05, 0) is 131 Å². The van der Waals surface area contributed by atoms with E-state index in [1.54, 1.807) is 27.7 Å². The number of primary amides is 1. The summed E-state index contributed by atoms with van der Waals surface area (Å²) in [5.74, 6) is -4.95. The molecule has 0 unspecified atom stereocenters. The Balaban J connectivity index is 0.807. The number of benzene rings is 3. The molecule has 8 atom stereocenters. The van der Waals surface area contributed by atoms with Gasteiger partial charge in [-0.1, -0.05) is 67.8 Å². The minimum absolute atomic E-state index is 0.0152. The Bertz CT molecular complexity index is 4090. The fourth-order valence-corrected chi connectivity index (χ4v) is 15.7. The molecule has 6 aromatic rings. The van der Waals surface area contributed by atoms with Gasteiger partial charge in [0.1, 0.15) is 35.9 Å². The van der Waals surface area contributed by atoms with Gasteiger partial charge in [-0.2, -0.15) is 0 Å². The van der Waals surface area contributed by atoms with E-state index in [1.165, 1.54) is 70.2 Å². The maximum Gasteiger partial charge on any atom is 0.396 e. The van der Waals surface area contributed by atoms with Crippen molar-refractivity contribution in [1.82, 2.24) is 60.9 Å². The number of fused-ring (bicyclic) bond motifs is 2. The molecule has 97 heavy (non-hydrogen) atoms. The molecule has 4 fully saturated rings. The number of β-amino-alcohol motifs (C(OH)–C–C–N with tert-alkyl or cyclic N) is 1. The van der Waals surface area contributed by atoms with E-state index in [9.17, 15) is 66.2 Å². The molecule has 6 heterocycles. The zero-order chi connectivity index (χ0) is 69.5. The number of sulfone groups is 1. The lowest BCUT2D eigenvalue weighted by atomic mass is 9.83. The second kappa shape index (κ2) is 30.9. The molecule has 3 aromatic carbocycles. The number of hydrogen-bond donors (Lipinski definition) is 9. The number of unbranched alkanes of at least 4 members (excludes halogenated alkanes) is 1. The summed E-state index contributed by atoms with van der Waals surface area (Å²) in [6.45, 7) is 5.03. The van der Waals surface area contributed by atoms with Crippen LogP contribution in [0.25, 0.3) is 21.3 Å². The first-order valence-corrected chi connectivity index (χ1v) is 36.9. The molecule has 3 aromatic heterocycles. The van der Waals surface area contributed by atoms with Gasteiger partial charge in [0.25, 0.3) is 11.4 Å². The minimum atomic E-state index is -5.16. The average molecular weight is 1390 g/mol. The summed E-state index contributed by atoms with van der Waals surface area (Å²) in [5, 5.41) is 31.5. The molecule has 28 nitrogen and oxygen atoms in total. The number of thiazole rings is 1. The Hall–Kier alpha value is -8.54. The molecule has 10 rings (SSSR count). The van der Waals surface area contributed by atoms with Crippen LogP contribution in [0.1, 0.15) is 159 Å². The van der Waals surface area contributed by atoms with Crippen LogP contribution in [0.15, 0.2) is 89.4 Å². The van der Waals surface area contributed by atoms with Gasteiger partial charge in [0.2, 0.25) is 41.4 Å². The van der Waals surface area contributed by atoms with Gasteiger partial charge in [0.15, 0.2) is 9.84 Å². The number of nitrogens with zero attached hydrogens (tertiary/aromatic N) is 7. The normalized spacial score (nSPS) is 20.3. The van der Waals surface area contributed by atoms with E-state index < -0.39 is 101 Å². The fourth-order valence-electron chi connectivity index (χ4n) is 13.5. The fraction of sp³-hybridized carbons (Fsp3) is 0.485. The third kappa shape index (κ3) is 17.1. The number of likely N-dealkylation sites (tertiary alicyclic amines) is 1. The van der Waals surface area contributed by atoms with Crippen LogP contribution in [-0.2, 0) is 60.9 Å². The summed E-state index contributed by atoms with van der Waals surface area (Å²) in [5.41, 5.74) is 9.68. The smallest absolute Gasteiger partial charge is 0.391 e. The van der Waals surface area contributed by atoms with E-state index in [0.29, 0.717) is 42.5 Å². The highest BCUT2D eigenvalue weighted by Gasteiger charge is 2.47. The monoisotopic (exact) mass is 1390 g/mol. The van der Waals surface area contributed by atoms with Crippen molar-refractivity contribution in [2.24, 2.45) is 11.7 Å². The lowest BCUT2D eigenvalue weighted by molar-refractivity contribution is -0.145. The van der Waals surface area contributed by atoms with E-state index in [4.69, 9.17) is 5.73 Å². The molecule has 0 bridgehead atoms. The Morgan fingerprint density at radius 3 is 2.29 bits per heavy atom. The predicted octanol–water partition coefficient (Wildman–Crippen LogP) is 4.43. The van der Waals surface area contributed by atoms with Gasteiger partial charge >= 0.3 is 7.60 Å². The lowest BCUT2D eigenvalue weighted by Gasteiger charge is -2.39. The number of nitrogens with two attached hydrogens (primary N) is 1. The summed E-state index contributed by atoms with van der Waals surface area (Å²) in [4.78, 5) is 157. The van der Waals surface area contributed by atoms with E-state index in [1.807, 2.05) is 38.1 Å². The van der Waals surface area contributed by atoms with Crippen LogP contribution < -0.4 is 27.0 Å². The van der Waals surface area contributed by atoms with E-state index >= 15 is 4.79 Å². The number of nitrogens with one attached hydrogen (secondary N) is 5. The van der Waals surface area contributed by atoms with E-state index in [2.05, 4.69) is 41.5 Å². The van der Waals surface area contributed by atoms with Crippen molar-refractivity contribution in [1.29, 1.82) is 0 Å². The predicted molar refractivity (Wildman–Crippen MR) is 355 cm³/mol. The number of hydrogen-bond acceptors (Lipinski definition) is 17. The first kappa shape index (κ1) is 71.2. The molecule has 518 valence electrons. The Labute approximate surface area is 564 Å². The summed E-state index contributed by atoms with van der Waals surface area (Å²) < 4.78 is 38.2. The zero-order valence-corrected chi connectivity index (χ0v) is 56.7. The molecule has 0 radical (unpaired) electrons. The highest BCUT2D eigenvalue weighted by Crippen LogP contribution is 2.40. The van der Waals surface area contributed by atoms with Crippen LogP contribution in [0.5, 0.6) is 0 Å². The zero-order valence-electron chi connectivity index (χ0n) is 54.1. The van der Waals surface area contributed by atoms with Crippen molar-refractivity contribution in [2.75, 3.05) is 25.4 Å². The number of carbonyl (C=O) groups excluding carboxylic acids is 9. The third-order valence-corrected chi connectivity index (χ3v) is 22.4. The molecule has 3 saturated heterocycles. The quantitative estimate of drug-likeness (QED) is 0.0268. The molecule has 3 aliphatic heterocycles. The minimum Gasteiger partial charge on any atom is -0.391 e. The van der Waals surface area contributed by atoms with Crippen LogP contribution >= 0.6 is 18.9 Å². The second-order valence-corrected chi connectivity index (χ2v) is 30.2.